The average molecular weight is 452 g/mol. The van der Waals surface area contributed by atoms with Gasteiger partial charge in [-0.2, -0.15) is 13.2 Å². The number of thiophene rings is 1. The summed E-state index contributed by atoms with van der Waals surface area (Å²) >= 11 is 2.25. The molecule has 1 atom stereocenters. The maximum absolute atomic E-state index is 12.8. The predicted molar refractivity (Wildman–Crippen MR) is 99.7 cm³/mol. The van der Waals surface area contributed by atoms with E-state index in [1.54, 1.807) is 0 Å². The number of nitrogens with zero attached hydrogens (tertiary/aromatic N) is 3. The zero-order valence-corrected chi connectivity index (χ0v) is 16.9. The quantitative estimate of drug-likeness (QED) is 0.496. The van der Waals surface area contributed by atoms with Crippen molar-refractivity contribution in [1.29, 1.82) is 0 Å². The number of alkyl halides is 3. The molecule has 0 bridgehead atoms. The van der Waals surface area contributed by atoms with Crippen molar-refractivity contribution >= 4 is 38.8 Å². The van der Waals surface area contributed by atoms with Gasteiger partial charge in [-0.05, 0) is 23.9 Å². The van der Waals surface area contributed by atoms with E-state index in [-0.39, 0.29) is 34.9 Å². The molecule has 0 aromatic carbocycles. The maximum atomic E-state index is 12.8. The fraction of sp³-hybridized carbons (Fsp3) is 0.438. The lowest BCUT2D eigenvalue weighted by atomic mass is 10.2. The number of sulfone groups is 1. The van der Waals surface area contributed by atoms with Gasteiger partial charge in [0.25, 0.3) is 0 Å². The van der Waals surface area contributed by atoms with Crippen molar-refractivity contribution in [2.24, 2.45) is 0 Å². The molecular formula is C16H16F3N3O3S3. The van der Waals surface area contributed by atoms with Gasteiger partial charge in [0.1, 0.15) is 5.69 Å². The minimum absolute atomic E-state index is 0.0236. The molecule has 28 heavy (non-hydrogen) atoms. The number of carbonyl (C=O) groups excluding carboxylic acids is 1. The summed E-state index contributed by atoms with van der Waals surface area (Å²) in [5, 5.41) is 1.70. The lowest BCUT2D eigenvalue weighted by molar-refractivity contribution is -0.141. The largest absolute Gasteiger partial charge is 0.433 e. The van der Waals surface area contributed by atoms with Gasteiger partial charge in [0.05, 0.1) is 23.8 Å². The SMILES string of the molecule is O=C(CSc1nccc(C(F)(F)F)n1)N(Cc1cccs1)C1CCS(=O)(=O)C1. The van der Waals surface area contributed by atoms with E-state index in [0.717, 1.165) is 28.9 Å². The molecule has 1 amide bonds. The second kappa shape index (κ2) is 8.37. The van der Waals surface area contributed by atoms with E-state index < -0.39 is 27.7 Å². The highest BCUT2D eigenvalue weighted by Crippen LogP contribution is 2.29. The third kappa shape index (κ3) is 5.45. The van der Waals surface area contributed by atoms with Crippen LogP contribution in [0.15, 0.2) is 34.9 Å². The minimum atomic E-state index is -4.59. The summed E-state index contributed by atoms with van der Waals surface area (Å²) in [5.41, 5.74) is -1.07. The highest BCUT2D eigenvalue weighted by molar-refractivity contribution is 7.99. The van der Waals surface area contributed by atoms with Crippen LogP contribution >= 0.6 is 23.1 Å². The van der Waals surface area contributed by atoms with Crippen LogP contribution in [0.5, 0.6) is 0 Å². The molecule has 0 radical (unpaired) electrons. The van der Waals surface area contributed by atoms with E-state index >= 15 is 0 Å². The van der Waals surface area contributed by atoms with Crippen LogP contribution in [0.4, 0.5) is 13.2 Å². The molecule has 152 valence electrons. The Morgan fingerprint density at radius 1 is 1.36 bits per heavy atom. The molecule has 1 aliphatic heterocycles. The summed E-state index contributed by atoms with van der Waals surface area (Å²) in [7, 11) is -3.19. The molecular weight excluding hydrogens is 435 g/mol. The van der Waals surface area contributed by atoms with Crippen LogP contribution in [0.3, 0.4) is 0 Å². The Morgan fingerprint density at radius 3 is 2.75 bits per heavy atom. The highest BCUT2D eigenvalue weighted by atomic mass is 32.2. The maximum Gasteiger partial charge on any atom is 0.433 e. The zero-order valence-electron chi connectivity index (χ0n) is 14.4. The highest BCUT2D eigenvalue weighted by Gasteiger charge is 2.35. The fourth-order valence-electron chi connectivity index (χ4n) is 2.79. The summed E-state index contributed by atoms with van der Waals surface area (Å²) in [6.45, 7) is 0.265. The Kier molecular flexibility index (Phi) is 6.30. The first-order valence-electron chi connectivity index (χ1n) is 8.19. The monoisotopic (exact) mass is 451 g/mol. The molecule has 2 aromatic heterocycles. The molecule has 3 heterocycles. The Balaban J connectivity index is 1.71. The van der Waals surface area contributed by atoms with Gasteiger partial charge in [-0.25, -0.2) is 18.4 Å². The Hall–Kier alpha value is -1.66. The standard InChI is InChI=1S/C16H16F3N3O3S3/c17-16(18,19)13-3-5-20-15(21-13)27-9-14(23)22(8-12-2-1-6-26-12)11-4-7-28(24,25)10-11/h1-3,5-6,11H,4,7-10H2. The smallest absolute Gasteiger partial charge is 0.333 e. The number of aromatic nitrogens is 2. The Bertz CT molecular complexity index is 933. The van der Waals surface area contributed by atoms with Crippen LogP contribution < -0.4 is 0 Å². The number of thioether (sulfide) groups is 1. The van der Waals surface area contributed by atoms with E-state index in [4.69, 9.17) is 0 Å². The minimum Gasteiger partial charge on any atom is -0.333 e. The van der Waals surface area contributed by atoms with Gasteiger partial charge in [0.2, 0.25) is 5.91 Å². The van der Waals surface area contributed by atoms with E-state index in [1.165, 1.54) is 16.2 Å². The summed E-state index contributed by atoms with van der Waals surface area (Å²) in [6, 6.07) is 4.00. The fourth-order valence-corrected chi connectivity index (χ4v) is 5.94. The van der Waals surface area contributed by atoms with Crippen molar-refractivity contribution in [3.8, 4) is 0 Å². The molecule has 3 rings (SSSR count). The second-order valence-corrected chi connectivity index (χ2v) is 10.4. The van der Waals surface area contributed by atoms with Crippen molar-refractivity contribution in [3.05, 3.63) is 40.3 Å². The van der Waals surface area contributed by atoms with Gasteiger partial charge in [-0.15, -0.1) is 11.3 Å². The molecule has 0 N–H and O–H groups in total. The van der Waals surface area contributed by atoms with Crippen LogP contribution in [0.25, 0.3) is 0 Å². The summed E-state index contributed by atoms with van der Waals surface area (Å²) in [4.78, 5) is 22.4. The molecule has 6 nitrogen and oxygen atoms in total. The molecule has 1 saturated heterocycles. The molecule has 0 spiro atoms. The number of hydrogen-bond donors (Lipinski definition) is 0. The number of carbonyl (C=O) groups is 1. The first-order valence-corrected chi connectivity index (χ1v) is 11.9. The molecule has 1 fully saturated rings. The van der Waals surface area contributed by atoms with E-state index in [2.05, 4.69) is 9.97 Å². The number of halogens is 3. The van der Waals surface area contributed by atoms with Crippen LogP contribution in [0.1, 0.15) is 17.0 Å². The van der Waals surface area contributed by atoms with Crippen molar-refractivity contribution in [2.75, 3.05) is 17.3 Å². The van der Waals surface area contributed by atoms with Gasteiger partial charge >= 0.3 is 6.18 Å². The van der Waals surface area contributed by atoms with Gasteiger partial charge in [-0.3, -0.25) is 4.79 Å². The first-order chi connectivity index (χ1) is 13.1. The zero-order chi connectivity index (χ0) is 20.4. The summed E-state index contributed by atoms with van der Waals surface area (Å²) < 4.78 is 61.9. The summed E-state index contributed by atoms with van der Waals surface area (Å²) in [6.07, 6.45) is -3.24. The van der Waals surface area contributed by atoms with Gasteiger partial charge in [-0.1, -0.05) is 17.8 Å². The third-order valence-corrected chi connectivity index (χ3v) is 7.58. The van der Waals surface area contributed by atoms with Gasteiger partial charge in [0, 0.05) is 17.1 Å². The number of amides is 1. The van der Waals surface area contributed by atoms with E-state index in [0.29, 0.717) is 6.42 Å². The van der Waals surface area contributed by atoms with Gasteiger partial charge < -0.3 is 4.90 Å². The molecule has 12 heteroatoms. The lowest BCUT2D eigenvalue weighted by Crippen LogP contribution is -2.41. The molecule has 1 unspecified atom stereocenters. The molecule has 0 saturated carbocycles. The predicted octanol–water partition coefficient (Wildman–Crippen LogP) is 2.86. The second-order valence-electron chi connectivity index (χ2n) is 6.17. The van der Waals surface area contributed by atoms with Crippen LogP contribution in [-0.2, 0) is 27.4 Å². The van der Waals surface area contributed by atoms with E-state index in [9.17, 15) is 26.4 Å². The number of rotatable bonds is 6. The lowest BCUT2D eigenvalue weighted by Gasteiger charge is -2.27. The molecule has 1 aliphatic rings. The van der Waals surface area contributed by atoms with Crippen LogP contribution in [0, 0.1) is 0 Å². The normalized spacial score (nSPS) is 18.9. The topological polar surface area (TPSA) is 80.2 Å². The van der Waals surface area contributed by atoms with E-state index in [1.807, 2.05) is 17.5 Å². The molecule has 0 aliphatic carbocycles. The van der Waals surface area contributed by atoms with Crippen LogP contribution in [-0.4, -0.2) is 52.5 Å². The van der Waals surface area contributed by atoms with Crippen LogP contribution in [0.2, 0.25) is 0 Å². The number of hydrogen-bond acceptors (Lipinski definition) is 7. The third-order valence-electron chi connectivity index (χ3n) is 4.12. The van der Waals surface area contributed by atoms with Crippen molar-refractivity contribution < 1.29 is 26.4 Å². The average Bonchev–Trinajstić information content (AvgIpc) is 3.26. The van der Waals surface area contributed by atoms with Gasteiger partial charge in [0.15, 0.2) is 15.0 Å². The van der Waals surface area contributed by atoms with Crippen molar-refractivity contribution in [3.63, 3.8) is 0 Å². The first kappa shape index (κ1) is 21.1. The van der Waals surface area contributed by atoms with Crippen molar-refractivity contribution in [2.45, 2.75) is 30.3 Å². The molecule has 2 aromatic rings. The summed E-state index contributed by atoms with van der Waals surface area (Å²) in [5.74, 6) is -0.616. The van der Waals surface area contributed by atoms with Crippen molar-refractivity contribution in [1.82, 2.24) is 14.9 Å². The Labute approximate surface area is 168 Å². The Morgan fingerprint density at radius 2 is 2.14 bits per heavy atom.